The number of aromatic hydroxyl groups is 1. The molecule has 5 rings (SSSR count). The maximum absolute atomic E-state index is 14.3. The van der Waals surface area contributed by atoms with Gasteiger partial charge in [0.25, 0.3) is 11.6 Å². The molecule has 1 unspecified atom stereocenters. The number of para-hydroxylation sites is 1. The molecule has 0 saturated carbocycles. The average Bonchev–Trinajstić information content (AvgIpc) is 3.42. The Morgan fingerprint density at radius 2 is 1.72 bits per heavy atom. The predicted octanol–water partition coefficient (Wildman–Crippen LogP) is 6.30. The Labute approximate surface area is 226 Å². The Hall–Kier alpha value is -4.56. The highest BCUT2D eigenvalue weighted by Gasteiger charge is 2.32. The van der Waals surface area contributed by atoms with Crippen molar-refractivity contribution in [2.24, 2.45) is 0 Å². The van der Waals surface area contributed by atoms with Gasteiger partial charge in [0, 0.05) is 29.1 Å². The van der Waals surface area contributed by atoms with Crippen LogP contribution in [0.2, 0.25) is 0 Å². The highest BCUT2D eigenvalue weighted by Crippen LogP contribution is 2.37. The van der Waals surface area contributed by atoms with Crippen LogP contribution in [-0.2, 0) is 5.66 Å². The number of alkyl halides is 2. The van der Waals surface area contributed by atoms with Crippen LogP contribution in [0.1, 0.15) is 29.9 Å². The number of hydrogen-bond acceptors (Lipinski definition) is 6. The van der Waals surface area contributed by atoms with Gasteiger partial charge in [0.05, 0.1) is 5.69 Å². The smallest absolute Gasteiger partial charge is 0.300 e. The molecule has 0 aliphatic rings. The zero-order chi connectivity index (χ0) is 28.0. The van der Waals surface area contributed by atoms with E-state index in [-0.39, 0.29) is 17.4 Å². The van der Waals surface area contributed by atoms with Gasteiger partial charge in [-0.1, -0.05) is 53.4 Å². The fourth-order valence-corrected chi connectivity index (χ4v) is 3.89. The van der Waals surface area contributed by atoms with Gasteiger partial charge in [0.2, 0.25) is 0 Å². The van der Waals surface area contributed by atoms with Crippen LogP contribution in [0.5, 0.6) is 5.75 Å². The number of anilines is 1. The van der Waals surface area contributed by atoms with E-state index in [4.69, 9.17) is 0 Å². The summed E-state index contributed by atoms with van der Waals surface area (Å²) in [6.45, 7) is 4.00. The largest absolute Gasteiger partial charge is 0.507 e. The summed E-state index contributed by atoms with van der Waals surface area (Å²) in [5.74, 6) is -0.177. The molecule has 0 aliphatic carbocycles. The van der Waals surface area contributed by atoms with E-state index in [1.165, 1.54) is 33.6 Å². The van der Waals surface area contributed by atoms with Crippen molar-refractivity contribution in [1.29, 1.82) is 0 Å². The first-order chi connectivity index (χ1) is 18.8. The molecule has 5 aromatic rings. The monoisotopic (exact) mass is 546 g/mol. The highest BCUT2D eigenvalue weighted by molar-refractivity contribution is 7.17. The number of hydrogen-bond donors (Lipinski definition) is 2. The second kappa shape index (κ2) is 11.9. The molecule has 198 valence electrons. The van der Waals surface area contributed by atoms with Crippen molar-refractivity contribution in [1.82, 2.24) is 25.0 Å². The molecule has 0 radical (unpaired) electrons. The maximum atomic E-state index is 14.3. The Balaban J connectivity index is 0.00000172. The molecule has 0 saturated heterocycles. The topological polar surface area (TPSA) is 106 Å². The number of aromatic nitrogens is 5. The highest BCUT2D eigenvalue weighted by atomic mass is 31.0. The number of pyridine rings is 1. The minimum absolute atomic E-state index is 0.0480. The summed E-state index contributed by atoms with van der Waals surface area (Å²) in [5.41, 5.74) is -1.21. The number of carbonyl (C=O) groups is 1. The summed E-state index contributed by atoms with van der Waals surface area (Å²) in [6.07, 6.45) is 3.10. The van der Waals surface area contributed by atoms with E-state index in [1.807, 2.05) is 13.8 Å². The third-order valence-electron chi connectivity index (χ3n) is 5.46. The Kier molecular flexibility index (Phi) is 8.36. The number of carbonyl (C=O) groups excluding carboxylic acids is 1. The molecule has 2 aromatic carbocycles. The maximum Gasteiger partial charge on any atom is 0.300 e. The normalized spacial score (nSPS) is 10.9. The molecule has 1 atom stereocenters. The number of halogens is 2. The third-order valence-corrected chi connectivity index (χ3v) is 5.75. The average molecular weight is 547 g/mol. The van der Waals surface area contributed by atoms with Gasteiger partial charge in [-0.3, -0.25) is 9.78 Å². The van der Waals surface area contributed by atoms with Crippen LogP contribution in [0, 0.1) is 0 Å². The van der Waals surface area contributed by atoms with Crippen molar-refractivity contribution in [3.63, 3.8) is 0 Å². The lowest BCUT2D eigenvalue weighted by Crippen LogP contribution is -2.15. The second-order valence-electron chi connectivity index (χ2n) is 8.02. The number of nitrogens with one attached hydrogen (secondary N) is 1. The number of amides is 1. The van der Waals surface area contributed by atoms with Crippen molar-refractivity contribution < 1.29 is 18.7 Å². The molecule has 0 fully saturated rings. The zero-order valence-corrected chi connectivity index (χ0v) is 22.2. The van der Waals surface area contributed by atoms with Gasteiger partial charge in [0.1, 0.15) is 11.4 Å². The van der Waals surface area contributed by atoms with Crippen LogP contribution in [-0.4, -0.2) is 36.0 Å². The van der Waals surface area contributed by atoms with Crippen molar-refractivity contribution in [3.05, 3.63) is 103 Å². The first-order valence-electron chi connectivity index (χ1n) is 12.0. The SMILES string of the molecule is CC.O=C(Nc1ccc(-n2nc(-c3cccnc3)cc2C(F)(F)P)nn1)c1cccc(-c2ccccc2O)c1. The summed E-state index contributed by atoms with van der Waals surface area (Å²) in [4.78, 5) is 16.8. The summed E-state index contributed by atoms with van der Waals surface area (Å²) >= 11 is 0. The van der Waals surface area contributed by atoms with Gasteiger partial charge in [-0.05, 0) is 54.1 Å². The van der Waals surface area contributed by atoms with E-state index in [0.717, 1.165) is 4.68 Å². The van der Waals surface area contributed by atoms with Gasteiger partial charge in [0.15, 0.2) is 11.6 Å². The molecule has 2 N–H and O–H groups in total. The third kappa shape index (κ3) is 6.30. The Bertz CT molecular complexity index is 1570. The molecule has 1 amide bonds. The first kappa shape index (κ1) is 27.5. The number of phenolic OH excluding ortho intramolecular Hbond substituents is 1. The Morgan fingerprint density at radius 1 is 0.949 bits per heavy atom. The summed E-state index contributed by atoms with van der Waals surface area (Å²) in [7, 11) is 1.49. The van der Waals surface area contributed by atoms with Gasteiger partial charge >= 0.3 is 0 Å². The molecule has 3 heterocycles. The summed E-state index contributed by atoms with van der Waals surface area (Å²) in [5, 5.41) is 25.0. The number of phenols is 1. The molecule has 3 aromatic heterocycles. The number of rotatable bonds is 6. The van der Waals surface area contributed by atoms with Crippen molar-refractivity contribution in [2.75, 3.05) is 5.32 Å². The molecular weight excluding hydrogens is 521 g/mol. The van der Waals surface area contributed by atoms with E-state index in [1.54, 1.807) is 66.9 Å². The van der Waals surface area contributed by atoms with Gasteiger partial charge in [-0.25, -0.2) is 4.68 Å². The number of nitrogens with zero attached hydrogens (tertiary/aromatic N) is 5. The van der Waals surface area contributed by atoms with Crippen molar-refractivity contribution in [2.45, 2.75) is 19.5 Å². The standard InChI is InChI=1S/C26H19F2N6O2P.C2H6/c27-26(28,37)22-14-20(18-7-4-12-29-15-18)33-34(22)24-11-10-23(31-32-24)30-25(36)17-6-3-5-16(13-17)19-8-1-2-9-21(19)35;1-2/h1-15,35H,37H2,(H,30,31,36);1-2H3. The lowest BCUT2D eigenvalue weighted by atomic mass is 10.0. The predicted molar refractivity (Wildman–Crippen MR) is 149 cm³/mol. The molecule has 39 heavy (non-hydrogen) atoms. The van der Waals surface area contributed by atoms with E-state index < -0.39 is 17.3 Å². The van der Waals surface area contributed by atoms with E-state index in [9.17, 15) is 18.7 Å². The molecular formula is C28H25F2N6O2P. The van der Waals surface area contributed by atoms with Crippen LogP contribution < -0.4 is 5.32 Å². The molecule has 11 heteroatoms. The number of benzene rings is 2. The van der Waals surface area contributed by atoms with Crippen LogP contribution in [0.4, 0.5) is 14.6 Å². The molecule has 0 spiro atoms. The van der Waals surface area contributed by atoms with Gasteiger partial charge < -0.3 is 10.4 Å². The summed E-state index contributed by atoms with van der Waals surface area (Å²) in [6, 6.07) is 21.1. The van der Waals surface area contributed by atoms with E-state index in [0.29, 0.717) is 27.9 Å². The molecule has 0 aliphatic heterocycles. The van der Waals surface area contributed by atoms with Crippen LogP contribution in [0.25, 0.3) is 28.2 Å². The van der Waals surface area contributed by atoms with Crippen molar-refractivity contribution >= 4 is 21.0 Å². The van der Waals surface area contributed by atoms with Gasteiger partial charge in [-0.2, -0.15) is 13.9 Å². The lowest BCUT2D eigenvalue weighted by Gasteiger charge is -2.12. The molecule has 8 nitrogen and oxygen atoms in total. The summed E-state index contributed by atoms with van der Waals surface area (Å²) < 4.78 is 29.6. The van der Waals surface area contributed by atoms with Crippen LogP contribution in [0.15, 0.2) is 91.3 Å². The minimum Gasteiger partial charge on any atom is -0.507 e. The fourth-order valence-electron chi connectivity index (χ4n) is 3.69. The fraction of sp³-hybridized carbons (Fsp3) is 0.107. The van der Waals surface area contributed by atoms with Gasteiger partial charge in [-0.15, -0.1) is 10.2 Å². The molecule has 0 bridgehead atoms. The quantitative estimate of drug-likeness (QED) is 0.242. The van der Waals surface area contributed by atoms with E-state index >= 15 is 0 Å². The lowest BCUT2D eigenvalue weighted by molar-refractivity contribution is 0.0954. The zero-order valence-electron chi connectivity index (χ0n) is 21.1. The first-order valence-corrected chi connectivity index (χ1v) is 12.6. The van der Waals surface area contributed by atoms with Crippen molar-refractivity contribution in [3.8, 4) is 34.0 Å². The minimum atomic E-state index is -3.28. The van der Waals surface area contributed by atoms with Crippen LogP contribution >= 0.6 is 9.24 Å². The Morgan fingerprint density at radius 3 is 2.38 bits per heavy atom. The van der Waals surface area contributed by atoms with E-state index in [2.05, 4.69) is 25.6 Å². The van der Waals surface area contributed by atoms with Crippen LogP contribution in [0.3, 0.4) is 0 Å². The second-order valence-corrected chi connectivity index (χ2v) is 8.75.